The average Bonchev–Trinajstić information content (AvgIpc) is 3.01. The second-order valence-corrected chi connectivity index (χ2v) is 7.54. The zero-order valence-electron chi connectivity index (χ0n) is 12.0. The van der Waals surface area contributed by atoms with Crippen molar-refractivity contribution in [2.75, 3.05) is 5.32 Å². The van der Waals surface area contributed by atoms with Gasteiger partial charge in [-0.15, -0.1) is 0 Å². The molecule has 1 nitrogen and oxygen atoms in total. The molecule has 0 saturated carbocycles. The highest BCUT2D eigenvalue weighted by Crippen LogP contribution is 2.54. The average molecular weight is 385 g/mol. The Hall–Kier alpha value is -0.860. The molecule has 2 aromatic rings. The first-order valence-electron chi connectivity index (χ1n) is 7.43. The molecule has 0 bridgehead atoms. The molecule has 4 rings (SSSR count). The molecule has 1 aliphatic heterocycles. The molecule has 1 aliphatic carbocycles. The summed E-state index contributed by atoms with van der Waals surface area (Å²) in [5.74, 6) is 0.649. The van der Waals surface area contributed by atoms with Gasteiger partial charge in [0.2, 0.25) is 0 Å². The monoisotopic (exact) mass is 383 g/mol. The van der Waals surface area contributed by atoms with Gasteiger partial charge in [-0.2, -0.15) is 0 Å². The fourth-order valence-corrected chi connectivity index (χ4v) is 4.71. The second kappa shape index (κ2) is 5.89. The smallest absolute Gasteiger partial charge is 0.0826 e. The summed E-state index contributed by atoms with van der Waals surface area (Å²) in [5.41, 5.74) is 2.99. The quantitative estimate of drug-likeness (QED) is 0.515. The van der Waals surface area contributed by atoms with E-state index < -0.39 is 0 Å². The van der Waals surface area contributed by atoms with Crippen LogP contribution in [0.1, 0.15) is 29.5 Å². The Kier molecular flexibility index (Phi) is 4.01. The Morgan fingerprint density at radius 1 is 0.913 bits per heavy atom. The lowest BCUT2D eigenvalue weighted by Crippen LogP contribution is -2.29. The van der Waals surface area contributed by atoms with Crippen LogP contribution in [0.3, 0.4) is 0 Å². The summed E-state index contributed by atoms with van der Waals surface area (Å²) in [7, 11) is 0. The maximum atomic E-state index is 6.45. The number of halogens is 4. The Morgan fingerprint density at radius 2 is 1.65 bits per heavy atom. The van der Waals surface area contributed by atoms with Crippen LogP contribution in [0.4, 0.5) is 5.69 Å². The SMILES string of the molecule is Clc1ccc2c(c1Cl)NC(c1c(Cl)cccc1Cl)C1CC=CC21. The molecular weight excluding hydrogens is 372 g/mol. The summed E-state index contributed by atoms with van der Waals surface area (Å²) in [5, 5.41) is 5.98. The lowest BCUT2D eigenvalue weighted by Gasteiger charge is -2.38. The molecule has 3 unspecified atom stereocenters. The minimum atomic E-state index is -0.000309. The van der Waals surface area contributed by atoms with Crippen LogP contribution in [-0.2, 0) is 0 Å². The van der Waals surface area contributed by atoms with E-state index in [-0.39, 0.29) is 6.04 Å². The van der Waals surface area contributed by atoms with Crippen LogP contribution in [0, 0.1) is 5.92 Å². The summed E-state index contributed by atoms with van der Waals surface area (Å²) >= 11 is 25.5. The van der Waals surface area contributed by atoms with Gasteiger partial charge in [-0.3, -0.25) is 0 Å². The van der Waals surface area contributed by atoms with Crippen LogP contribution in [0.15, 0.2) is 42.5 Å². The predicted octanol–water partition coefficient (Wildman–Crippen LogP) is 7.13. The topological polar surface area (TPSA) is 12.0 Å². The minimum Gasteiger partial charge on any atom is -0.376 e. The number of benzene rings is 2. The van der Waals surface area contributed by atoms with E-state index in [1.807, 2.05) is 30.3 Å². The normalized spacial score (nSPS) is 25.0. The van der Waals surface area contributed by atoms with Crippen molar-refractivity contribution in [1.82, 2.24) is 0 Å². The molecule has 0 fully saturated rings. The zero-order valence-corrected chi connectivity index (χ0v) is 15.0. The standard InChI is InChI=1S/C18H13Cl4N/c19-12-5-2-6-13(20)15(12)17-10-4-1-3-9(10)11-7-8-14(21)16(22)18(11)23-17/h1-3,5-10,17,23H,4H2. The molecule has 5 heteroatoms. The maximum absolute atomic E-state index is 6.45. The maximum Gasteiger partial charge on any atom is 0.0826 e. The largest absolute Gasteiger partial charge is 0.376 e. The van der Waals surface area contributed by atoms with Crippen molar-refractivity contribution in [3.05, 3.63) is 73.7 Å². The fourth-order valence-electron chi connectivity index (χ4n) is 3.70. The van der Waals surface area contributed by atoms with E-state index in [0.29, 0.717) is 31.9 Å². The third-order valence-electron chi connectivity index (χ3n) is 4.74. The number of allylic oxidation sites excluding steroid dienone is 2. The molecule has 2 aromatic carbocycles. The summed E-state index contributed by atoms with van der Waals surface area (Å²) in [6, 6.07) is 9.51. The molecule has 0 radical (unpaired) electrons. The van der Waals surface area contributed by atoms with E-state index in [1.54, 1.807) is 0 Å². The Labute approximate surface area is 155 Å². The van der Waals surface area contributed by atoms with Gasteiger partial charge in [0.15, 0.2) is 0 Å². The molecule has 1 N–H and O–H groups in total. The van der Waals surface area contributed by atoms with E-state index in [0.717, 1.165) is 17.7 Å². The lowest BCUT2D eigenvalue weighted by atomic mass is 9.77. The summed E-state index contributed by atoms with van der Waals surface area (Å²) in [6.45, 7) is 0. The molecular formula is C18H13Cl4N. The number of nitrogens with one attached hydrogen (secondary N) is 1. The van der Waals surface area contributed by atoms with Crippen LogP contribution >= 0.6 is 46.4 Å². The van der Waals surface area contributed by atoms with Crippen LogP contribution in [0.25, 0.3) is 0 Å². The van der Waals surface area contributed by atoms with E-state index in [2.05, 4.69) is 17.5 Å². The van der Waals surface area contributed by atoms with E-state index >= 15 is 0 Å². The highest BCUT2D eigenvalue weighted by atomic mass is 35.5. The summed E-state index contributed by atoms with van der Waals surface area (Å²) < 4.78 is 0. The molecule has 118 valence electrons. The highest BCUT2D eigenvalue weighted by Gasteiger charge is 2.40. The van der Waals surface area contributed by atoms with Gasteiger partial charge in [0, 0.05) is 21.5 Å². The van der Waals surface area contributed by atoms with E-state index in [1.165, 1.54) is 5.56 Å². The Bertz CT molecular complexity index is 795. The first kappa shape index (κ1) is 15.7. The van der Waals surface area contributed by atoms with Crippen LogP contribution in [0.5, 0.6) is 0 Å². The van der Waals surface area contributed by atoms with Gasteiger partial charge in [-0.1, -0.05) is 70.7 Å². The summed E-state index contributed by atoms with van der Waals surface area (Å²) in [4.78, 5) is 0. The number of hydrogen-bond donors (Lipinski definition) is 1. The molecule has 0 amide bonds. The highest BCUT2D eigenvalue weighted by molar-refractivity contribution is 6.44. The Balaban J connectivity index is 1.89. The van der Waals surface area contributed by atoms with Crippen molar-refractivity contribution >= 4 is 52.1 Å². The number of anilines is 1. The lowest BCUT2D eigenvalue weighted by molar-refractivity contribution is 0.426. The van der Waals surface area contributed by atoms with E-state index in [4.69, 9.17) is 46.4 Å². The third kappa shape index (κ3) is 2.46. The van der Waals surface area contributed by atoms with Crippen molar-refractivity contribution in [2.45, 2.75) is 18.4 Å². The number of hydrogen-bond acceptors (Lipinski definition) is 1. The van der Waals surface area contributed by atoms with Gasteiger partial charge >= 0.3 is 0 Å². The second-order valence-electron chi connectivity index (χ2n) is 5.94. The first-order valence-corrected chi connectivity index (χ1v) is 8.94. The third-order valence-corrected chi connectivity index (χ3v) is 6.20. The van der Waals surface area contributed by atoms with Crippen LogP contribution in [0.2, 0.25) is 20.1 Å². The van der Waals surface area contributed by atoms with Gasteiger partial charge in [-0.25, -0.2) is 0 Å². The van der Waals surface area contributed by atoms with Gasteiger partial charge in [-0.05, 0) is 36.1 Å². The molecule has 0 saturated heterocycles. The predicted molar refractivity (Wildman–Crippen MR) is 99.3 cm³/mol. The number of fused-ring (bicyclic) bond motifs is 3. The van der Waals surface area contributed by atoms with Gasteiger partial charge < -0.3 is 5.32 Å². The van der Waals surface area contributed by atoms with Crippen LogP contribution in [-0.4, -0.2) is 0 Å². The molecule has 23 heavy (non-hydrogen) atoms. The minimum absolute atomic E-state index is 0.000309. The van der Waals surface area contributed by atoms with Gasteiger partial charge in [0.25, 0.3) is 0 Å². The zero-order chi connectivity index (χ0) is 16.1. The fraction of sp³-hybridized carbons (Fsp3) is 0.222. The molecule has 1 heterocycles. The molecule has 3 atom stereocenters. The van der Waals surface area contributed by atoms with Crippen LogP contribution < -0.4 is 5.32 Å². The first-order chi connectivity index (χ1) is 11.1. The molecule has 0 spiro atoms. The van der Waals surface area contributed by atoms with Crippen molar-refractivity contribution in [3.63, 3.8) is 0 Å². The Morgan fingerprint density at radius 3 is 2.39 bits per heavy atom. The van der Waals surface area contributed by atoms with E-state index in [9.17, 15) is 0 Å². The van der Waals surface area contributed by atoms with Crippen molar-refractivity contribution in [2.24, 2.45) is 5.92 Å². The summed E-state index contributed by atoms with van der Waals surface area (Å²) in [6.07, 6.45) is 5.43. The van der Waals surface area contributed by atoms with Crippen molar-refractivity contribution in [3.8, 4) is 0 Å². The number of rotatable bonds is 1. The van der Waals surface area contributed by atoms with Gasteiger partial charge in [0.05, 0.1) is 21.8 Å². The van der Waals surface area contributed by atoms with Crippen molar-refractivity contribution < 1.29 is 0 Å². The molecule has 0 aromatic heterocycles. The van der Waals surface area contributed by atoms with Crippen molar-refractivity contribution in [1.29, 1.82) is 0 Å². The van der Waals surface area contributed by atoms with Gasteiger partial charge in [0.1, 0.15) is 0 Å². The molecule has 2 aliphatic rings.